The molecule has 166 valence electrons. The van der Waals surface area contributed by atoms with E-state index in [1.807, 2.05) is 28.0 Å². The summed E-state index contributed by atoms with van der Waals surface area (Å²) in [6, 6.07) is 7.96. The number of benzene rings is 1. The number of aromatic nitrogens is 2. The average molecular weight is 444 g/mol. The number of hydrogen-bond donors (Lipinski definition) is 0. The molecule has 2 aromatic rings. The molecule has 8 nitrogen and oxygen atoms in total. The van der Waals surface area contributed by atoms with Gasteiger partial charge in [-0.2, -0.15) is 4.37 Å². The van der Waals surface area contributed by atoms with E-state index < -0.39 is 0 Å². The van der Waals surface area contributed by atoms with Crippen molar-refractivity contribution >= 4 is 28.5 Å². The van der Waals surface area contributed by atoms with Gasteiger partial charge in [-0.25, -0.2) is 4.98 Å². The molecular weight excluding hydrogens is 414 g/mol. The molecule has 0 spiro atoms. The Labute approximate surface area is 187 Å². The largest absolute Gasteiger partial charge is 0.497 e. The molecule has 9 heteroatoms. The van der Waals surface area contributed by atoms with Crippen LogP contribution in [-0.2, 0) is 16.0 Å². The van der Waals surface area contributed by atoms with Gasteiger partial charge in [0.2, 0.25) is 16.9 Å². The minimum absolute atomic E-state index is 0.0595. The fraction of sp³-hybridized carbons (Fsp3) is 0.545. The Bertz CT molecular complexity index is 917. The van der Waals surface area contributed by atoms with E-state index in [1.54, 1.807) is 14.0 Å². The molecule has 2 aliphatic heterocycles. The van der Waals surface area contributed by atoms with Crippen LogP contribution in [0.3, 0.4) is 0 Å². The molecule has 31 heavy (non-hydrogen) atoms. The Morgan fingerprint density at radius 3 is 2.48 bits per heavy atom. The van der Waals surface area contributed by atoms with Gasteiger partial charge in [0.05, 0.1) is 7.11 Å². The number of carbonyl (C=O) groups is 2. The molecule has 0 N–H and O–H groups in total. The van der Waals surface area contributed by atoms with Gasteiger partial charge in [-0.15, -0.1) is 0 Å². The van der Waals surface area contributed by atoms with Gasteiger partial charge in [0.1, 0.15) is 11.6 Å². The predicted octanol–water partition coefficient (Wildman–Crippen LogP) is 2.04. The molecule has 4 rings (SSSR count). The Hall–Kier alpha value is -2.68. The van der Waals surface area contributed by atoms with Crippen molar-refractivity contribution in [3.63, 3.8) is 0 Å². The second kappa shape index (κ2) is 9.64. The van der Waals surface area contributed by atoms with Gasteiger partial charge in [0.15, 0.2) is 0 Å². The molecule has 1 aromatic heterocycles. The van der Waals surface area contributed by atoms with E-state index in [0.29, 0.717) is 32.6 Å². The number of piperidine rings is 1. The number of anilines is 1. The van der Waals surface area contributed by atoms with E-state index in [9.17, 15) is 9.59 Å². The highest BCUT2D eigenvalue weighted by Crippen LogP contribution is 2.27. The Balaban J connectivity index is 1.28. The molecular formula is C22H29N5O3S. The van der Waals surface area contributed by atoms with Crippen LogP contribution in [-0.4, -0.2) is 77.4 Å². The van der Waals surface area contributed by atoms with Gasteiger partial charge in [0, 0.05) is 70.1 Å². The highest BCUT2D eigenvalue weighted by molar-refractivity contribution is 7.09. The van der Waals surface area contributed by atoms with Crippen LogP contribution >= 0.6 is 11.5 Å². The monoisotopic (exact) mass is 443 g/mol. The molecule has 0 bridgehead atoms. The summed E-state index contributed by atoms with van der Waals surface area (Å²) in [5, 5.41) is 0.930. The molecule has 2 saturated heterocycles. The average Bonchev–Trinajstić information content (AvgIpc) is 3.27. The van der Waals surface area contributed by atoms with Crippen LogP contribution in [0.5, 0.6) is 5.75 Å². The number of rotatable bonds is 5. The lowest BCUT2D eigenvalue weighted by Crippen LogP contribution is -2.52. The summed E-state index contributed by atoms with van der Waals surface area (Å²) in [5.74, 6) is 2.03. The van der Waals surface area contributed by atoms with E-state index in [1.165, 1.54) is 11.5 Å². The van der Waals surface area contributed by atoms with Crippen molar-refractivity contribution in [2.24, 2.45) is 5.92 Å². The normalized spacial score (nSPS) is 17.7. The van der Waals surface area contributed by atoms with Crippen molar-refractivity contribution in [1.82, 2.24) is 19.2 Å². The summed E-state index contributed by atoms with van der Waals surface area (Å²) in [6.07, 6.45) is 2.34. The molecule has 2 aliphatic rings. The Kier molecular flexibility index (Phi) is 6.70. The number of hydrogen-bond acceptors (Lipinski definition) is 7. The molecule has 0 radical (unpaired) electrons. The van der Waals surface area contributed by atoms with Gasteiger partial charge < -0.3 is 19.4 Å². The minimum atomic E-state index is 0.0595. The summed E-state index contributed by atoms with van der Waals surface area (Å²) in [7, 11) is 1.67. The first-order chi connectivity index (χ1) is 15.0. The number of nitrogens with zero attached hydrogens (tertiary/aromatic N) is 5. The first-order valence-electron chi connectivity index (χ1n) is 10.8. The van der Waals surface area contributed by atoms with Crippen molar-refractivity contribution in [3.05, 3.63) is 35.7 Å². The molecule has 0 atom stereocenters. The molecule has 3 heterocycles. The molecule has 2 amide bonds. The highest BCUT2D eigenvalue weighted by atomic mass is 32.1. The summed E-state index contributed by atoms with van der Waals surface area (Å²) < 4.78 is 9.82. The van der Waals surface area contributed by atoms with Gasteiger partial charge in [0.25, 0.3) is 0 Å². The molecule has 2 fully saturated rings. The summed E-state index contributed by atoms with van der Waals surface area (Å²) in [5.41, 5.74) is 1.12. The quantitative estimate of drug-likeness (QED) is 0.704. The second-order valence-corrected chi connectivity index (χ2v) is 8.84. The van der Waals surface area contributed by atoms with Crippen LogP contribution in [0.25, 0.3) is 0 Å². The first-order valence-corrected chi connectivity index (χ1v) is 11.6. The number of piperazine rings is 1. The van der Waals surface area contributed by atoms with E-state index in [2.05, 4.69) is 15.3 Å². The zero-order chi connectivity index (χ0) is 21.8. The number of methoxy groups -OCH3 is 1. The third kappa shape index (κ3) is 5.15. The van der Waals surface area contributed by atoms with Crippen LogP contribution < -0.4 is 9.64 Å². The van der Waals surface area contributed by atoms with Crippen molar-refractivity contribution in [3.8, 4) is 5.75 Å². The van der Waals surface area contributed by atoms with E-state index in [-0.39, 0.29) is 17.7 Å². The summed E-state index contributed by atoms with van der Waals surface area (Å²) in [6.45, 7) is 5.78. The lowest BCUT2D eigenvalue weighted by molar-refractivity contribution is -0.141. The Morgan fingerprint density at radius 2 is 1.81 bits per heavy atom. The van der Waals surface area contributed by atoms with Gasteiger partial charge >= 0.3 is 0 Å². The smallest absolute Gasteiger partial charge is 0.225 e. The second-order valence-electron chi connectivity index (χ2n) is 8.11. The molecule has 1 aromatic carbocycles. The molecule has 0 aliphatic carbocycles. The fourth-order valence-electron chi connectivity index (χ4n) is 4.23. The van der Waals surface area contributed by atoms with E-state index in [0.717, 1.165) is 48.2 Å². The first kappa shape index (κ1) is 21.5. The highest BCUT2D eigenvalue weighted by Gasteiger charge is 2.31. The summed E-state index contributed by atoms with van der Waals surface area (Å²) >= 11 is 1.43. The number of ether oxygens (including phenoxy) is 1. The molecule has 0 saturated carbocycles. The molecule has 0 unspecified atom stereocenters. The number of amides is 2. The zero-order valence-corrected chi connectivity index (χ0v) is 18.9. The Morgan fingerprint density at radius 1 is 1.10 bits per heavy atom. The summed E-state index contributed by atoms with van der Waals surface area (Å²) in [4.78, 5) is 35.1. The zero-order valence-electron chi connectivity index (χ0n) is 18.1. The predicted molar refractivity (Wildman–Crippen MR) is 119 cm³/mol. The SMILES string of the molecule is COc1cccc(Cc2nsc(N3CCC(C(=O)N4CCN(C(C)=O)CC4)CC3)n2)c1. The van der Waals surface area contributed by atoms with Crippen LogP contribution in [0.4, 0.5) is 5.13 Å². The standard InChI is InChI=1S/C22H29N5O3S/c1-16(28)25-10-12-26(13-11-25)21(29)18-6-8-27(9-7-18)22-23-20(24-31-22)15-17-4-3-5-19(14-17)30-2/h3-5,14,18H,6-13,15H2,1-2H3. The maximum absolute atomic E-state index is 12.9. The number of carbonyl (C=O) groups excluding carboxylic acids is 2. The van der Waals surface area contributed by atoms with Crippen LogP contribution in [0.1, 0.15) is 31.2 Å². The lowest BCUT2D eigenvalue weighted by atomic mass is 9.95. The van der Waals surface area contributed by atoms with Crippen molar-refractivity contribution in [2.75, 3.05) is 51.3 Å². The van der Waals surface area contributed by atoms with Crippen molar-refractivity contribution in [1.29, 1.82) is 0 Å². The van der Waals surface area contributed by atoms with Crippen molar-refractivity contribution < 1.29 is 14.3 Å². The third-order valence-corrected chi connectivity index (χ3v) is 6.92. The fourth-order valence-corrected chi connectivity index (χ4v) is 4.96. The van der Waals surface area contributed by atoms with Crippen LogP contribution in [0.2, 0.25) is 0 Å². The van der Waals surface area contributed by atoms with Crippen molar-refractivity contribution in [2.45, 2.75) is 26.2 Å². The van der Waals surface area contributed by atoms with Gasteiger partial charge in [-0.05, 0) is 30.5 Å². The topological polar surface area (TPSA) is 78.9 Å². The lowest BCUT2D eigenvalue weighted by Gasteiger charge is -2.38. The van der Waals surface area contributed by atoms with E-state index >= 15 is 0 Å². The van der Waals surface area contributed by atoms with Crippen LogP contribution in [0.15, 0.2) is 24.3 Å². The van der Waals surface area contributed by atoms with Gasteiger partial charge in [-0.1, -0.05) is 12.1 Å². The minimum Gasteiger partial charge on any atom is -0.497 e. The van der Waals surface area contributed by atoms with Gasteiger partial charge in [-0.3, -0.25) is 9.59 Å². The van der Waals surface area contributed by atoms with E-state index in [4.69, 9.17) is 9.72 Å². The third-order valence-electron chi connectivity index (χ3n) is 6.11. The van der Waals surface area contributed by atoms with Crippen LogP contribution in [0, 0.1) is 5.92 Å². The maximum Gasteiger partial charge on any atom is 0.225 e. The maximum atomic E-state index is 12.9.